The molecule has 21 heavy (non-hydrogen) atoms. The molecule has 0 atom stereocenters. The van der Waals surface area contributed by atoms with E-state index in [1.165, 1.54) is 11.1 Å². The maximum absolute atomic E-state index is 6.01. The summed E-state index contributed by atoms with van der Waals surface area (Å²) in [5.74, 6) is 1.91. The highest BCUT2D eigenvalue weighted by Crippen LogP contribution is 2.22. The fourth-order valence-electron chi connectivity index (χ4n) is 2.21. The van der Waals surface area contributed by atoms with Crippen LogP contribution in [0.5, 0.6) is 0 Å². The van der Waals surface area contributed by atoms with E-state index in [9.17, 15) is 0 Å². The zero-order chi connectivity index (χ0) is 15.4. The van der Waals surface area contributed by atoms with Gasteiger partial charge in [0.25, 0.3) is 0 Å². The highest BCUT2D eigenvalue weighted by Gasteiger charge is 2.09. The van der Waals surface area contributed by atoms with Crippen LogP contribution in [0, 0.1) is 6.92 Å². The third-order valence-electron chi connectivity index (χ3n) is 3.57. The summed E-state index contributed by atoms with van der Waals surface area (Å²) in [6, 6.07) is 12.8. The van der Waals surface area contributed by atoms with Crippen molar-refractivity contribution in [2.45, 2.75) is 39.1 Å². The van der Waals surface area contributed by atoms with Crippen LogP contribution < -0.4 is 4.90 Å². The van der Waals surface area contributed by atoms with Crippen LogP contribution >= 0.6 is 11.6 Å². The average Bonchev–Trinajstić information content (AvgIpc) is 2.49. The van der Waals surface area contributed by atoms with Crippen molar-refractivity contribution in [3.05, 3.63) is 58.8 Å². The van der Waals surface area contributed by atoms with Gasteiger partial charge in [0.1, 0.15) is 5.82 Å². The Morgan fingerprint density at radius 1 is 1.10 bits per heavy atom. The van der Waals surface area contributed by atoms with Crippen LogP contribution in [0.3, 0.4) is 0 Å². The van der Waals surface area contributed by atoms with Crippen molar-refractivity contribution in [2.24, 2.45) is 0 Å². The molecule has 0 aliphatic carbocycles. The van der Waals surface area contributed by atoms with Crippen molar-refractivity contribution in [1.82, 2.24) is 4.98 Å². The van der Waals surface area contributed by atoms with Gasteiger partial charge in [-0.15, -0.1) is 11.6 Å². The molecular weight excluding hydrogens is 280 g/mol. The van der Waals surface area contributed by atoms with E-state index in [1.807, 2.05) is 0 Å². The van der Waals surface area contributed by atoms with Gasteiger partial charge in [0, 0.05) is 25.2 Å². The summed E-state index contributed by atoms with van der Waals surface area (Å²) in [5.41, 5.74) is 4.79. The lowest BCUT2D eigenvalue weighted by Gasteiger charge is -2.21. The third-order valence-corrected chi connectivity index (χ3v) is 3.88. The molecule has 0 bridgehead atoms. The topological polar surface area (TPSA) is 16.1 Å². The van der Waals surface area contributed by atoms with Gasteiger partial charge in [-0.2, -0.15) is 0 Å². The Morgan fingerprint density at radius 2 is 1.76 bits per heavy atom. The number of halogens is 1. The van der Waals surface area contributed by atoms with Gasteiger partial charge in [0.2, 0.25) is 0 Å². The first-order valence-corrected chi connectivity index (χ1v) is 7.86. The lowest BCUT2D eigenvalue weighted by Crippen LogP contribution is -2.18. The van der Waals surface area contributed by atoms with Crippen LogP contribution in [0.1, 0.15) is 42.1 Å². The predicted octanol–water partition coefficient (Wildman–Crippen LogP) is 4.89. The van der Waals surface area contributed by atoms with E-state index < -0.39 is 0 Å². The van der Waals surface area contributed by atoms with Crippen LogP contribution in [-0.2, 0) is 12.4 Å². The van der Waals surface area contributed by atoms with Crippen molar-refractivity contribution in [1.29, 1.82) is 0 Å². The molecule has 0 saturated carbocycles. The van der Waals surface area contributed by atoms with E-state index in [-0.39, 0.29) is 0 Å². The van der Waals surface area contributed by atoms with E-state index in [4.69, 9.17) is 16.6 Å². The first-order valence-electron chi connectivity index (χ1n) is 7.33. The number of benzene rings is 1. The number of pyridine rings is 1. The SMILES string of the molecule is Cc1ccc(CN(C)c2cc(CCl)cc(C(C)C)n2)cc1. The molecule has 3 heteroatoms. The number of aromatic nitrogens is 1. The smallest absolute Gasteiger partial charge is 0.129 e. The third kappa shape index (κ3) is 4.21. The summed E-state index contributed by atoms with van der Waals surface area (Å²) < 4.78 is 0. The normalized spacial score (nSPS) is 11.0. The summed E-state index contributed by atoms with van der Waals surface area (Å²) in [6.45, 7) is 7.26. The number of anilines is 1. The number of alkyl halides is 1. The standard InChI is InChI=1S/C18H23ClN2/c1-13(2)17-9-16(11-19)10-18(20-17)21(4)12-15-7-5-14(3)6-8-15/h5-10,13H,11-12H2,1-4H3. The molecule has 112 valence electrons. The van der Waals surface area contributed by atoms with Gasteiger partial charge >= 0.3 is 0 Å². The lowest BCUT2D eigenvalue weighted by atomic mass is 10.1. The van der Waals surface area contributed by atoms with Gasteiger partial charge in [-0.1, -0.05) is 43.7 Å². The van der Waals surface area contributed by atoms with Gasteiger partial charge in [-0.25, -0.2) is 4.98 Å². The predicted molar refractivity (Wildman–Crippen MR) is 91.2 cm³/mol. The molecule has 2 rings (SSSR count). The van der Waals surface area contributed by atoms with Gasteiger partial charge in [-0.3, -0.25) is 0 Å². The van der Waals surface area contributed by atoms with E-state index in [2.05, 4.69) is 69.1 Å². The second-order valence-corrected chi connectivity index (χ2v) is 6.16. The van der Waals surface area contributed by atoms with Crippen molar-refractivity contribution in [3.8, 4) is 0 Å². The first-order chi connectivity index (χ1) is 9.99. The Hall–Kier alpha value is -1.54. The molecule has 0 spiro atoms. The summed E-state index contributed by atoms with van der Waals surface area (Å²) in [4.78, 5) is 6.93. The molecule has 1 aromatic heterocycles. The van der Waals surface area contributed by atoms with E-state index in [0.717, 1.165) is 23.6 Å². The van der Waals surface area contributed by atoms with Crippen molar-refractivity contribution in [3.63, 3.8) is 0 Å². The Labute approximate surface area is 132 Å². The lowest BCUT2D eigenvalue weighted by molar-refractivity contribution is 0.803. The number of nitrogens with zero attached hydrogens (tertiary/aromatic N) is 2. The van der Waals surface area contributed by atoms with Gasteiger partial charge in [0.05, 0.1) is 0 Å². The van der Waals surface area contributed by atoms with Crippen LogP contribution in [0.15, 0.2) is 36.4 Å². The average molecular weight is 303 g/mol. The molecule has 2 aromatic rings. The van der Waals surface area contributed by atoms with Gasteiger partial charge < -0.3 is 4.90 Å². The van der Waals surface area contributed by atoms with Crippen molar-refractivity contribution >= 4 is 17.4 Å². The Kier molecular flexibility index (Phi) is 5.24. The number of aryl methyl sites for hydroxylation is 1. The highest BCUT2D eigenvalue weighted by molar-refractivity contribution is 6.17. The maximum Gasteiger partial charge on any atom is 0.129 e. The molecule has 0 fully saturated rings. The van der Waals surface area contributed by atoms with E-state index >= 15 is 0 Å². The van der Waals surface area contributed by atoms with Crippen LogP contribution in [-0.4, -0.2) is 12.0 Å². The van der Waals surface area contributed by atoms with Gasteiger partial charge in [-0.05, 0) is 36.1 Å². The number of hydrogen-bond donors (Lipinski definition) is 0. The molecule has 1 heterocycles. The monoisotopic (exact) mass is 302 g/mol. The Bertz CT molecular complexity index is 591. The molecule has 0 radical (unpaired) electrons. The largest absolute Gasteiger partial charge is 0.355 e. The van der Waals surface area contributed by atoms with Gasteiger partial charge in [0.15, 0.2) is 0 Å². The summed E-state index contributed by atoms with van der Waals surface area (Å²) in [5, 5.41) is 0. The molecular formula is C18H23ClN2. The van der Waals surface area contributed by atoms with Crippen molar-refractivity contribution in [2.75, 3.05) is 11.9 Å². The fraction of sp³-hybridized carbons (Fsp3) is 0.389. The molecule has 0 saturated heterocycles. The Morgan fingerprint density at radius 3 is 2.33 bits per heavy atom. The zero-order valence-electron chi connectivity index (χ0n) is 13.2. The number of rotatable bonds is 5. The molecule has 0 N–H and O–H groups in total. The van der Waals surface area contributed by atoms with Crippen LogP contribution in [0.4, 0.5) is 5.82 Å². The molecule has 1 aromatic carbocycles. The van der Waals surface area contributed by atoms with Crippen LogP contribution in [0.25, 0.3) is 0 Å². The molecule has 0 aliphatic rings. The fourth-order valence-corrected chi connectivity index (χ4v) is 2.37. The quantitative estimate of drug-likeness (QED) is 0.731. The second-order valence-electron chi connectivity index (χ2n) is 5.89. The zero-order valence-corrected chi connectivity index (χ0v) is 14.0. The second kappa shape index (κ2) is 6.95. The highest BCUT2D eigenvalue weighted by atomic mass is 35.5. The number of hydrogen-bond acceptors (Lipinski definition) is 2. The summed E-state index contributed by atoms with van der Waals surface area (Å²) in [7, 11) is 2.07. The Balaban J connectivity index is 2.23. The molecule has 0 amide bonds. The summed E-state index contributed by atoms with van der Waals surface area (Å²) in [6.07, 6.45) is 0. The maximum atomic E-state index is 6.01. The summed E-state index contributed by atoms with van der Waals surface area (Å²) >= 11 is 6.01. The molecule has 2 nitrogen and oxygen atoms in total. The first kappa shape index (κ1) is 15.8. The van der Waals surface area contributed by atoms with Crippen molar-refractivity contribution < 1.29 is 0 Å². The molecule has 0 aliphatic heterocycles. The van der Waals surface area contributed by atoms with E-state index in [0.29, 0.717) is 11.8 Å². The minimum absolute atomic E-state index is 0.402. The van der Waals surface area contributed by atoms with Crippen LogP contribution in [0.2, 0.25) is 0 Å². The minimum atomic E-state index is 0.402. The molecule has 0 unspecified atom stereocenters. The minimum Gasteiger partial charge on any atom is -0.355 e. The van der Waals surface area contributed by atoms with E-state index in [1.54, 1.807) is 0 Å².